The Labute approximate surface area is 109 Å². The van der Waals surface area contributed by atoms with Gasteiger partial charge in [-0.3, -0.25) is 4.79 Å². The minimum atomic E-state index is -0.486. The molecule has 0 aliphatic carbocycles. The molecule has 2 rings (SSSR count). The van der Waals surface area contributed by atoms with E-state index in [4.69, 9.17) is 5.73 Å². The summed E-state index contributed by atoms with van der Waals surface area (Å²) in [6.45, 7) is 2.05. The van der Waals surface area contributed by atoms with Crippen LogP contribution in [0.5, 0.6) is 0 Å². The lowest BCUT2D eigenvalue weighted by molar-refractivity contribution is 0.100. The maximum absolute atomic E-state index is 11.3. The lowest BCUT2D eigenvalue weighted by atomic mass is 10.2. The number of carbonyl (C=O) groups excluding carboxylic acids is 1. The minimum absolute atomic E-state index is 0.0398. The van der Waals surface area contributed by atoms with Crippen LogP contribution in [-0.2, 0) is 0 Å². The van der Waals surface area contributed by atoms with Crippen LogP contribution in [-0.4, -0.2) is 15.9 Å². The number of rotatable bonds is 5. The van der Waals surface area contributed by atoms with Crippen LogP contribution in [0.4, 0.5) is 5.82 Å². The summed E-state index contributed by atoms with van der Waals surface area (Å²) in [7, 11) is 0. The number of hydrogen-bond acceptors (Lipinski definition) is 5. The van der Waals surface area contributed by atoms with Crippen LogP contribution >= 0.6 is 11.3 Å². The maximum Gasteiger partial charge on any atom is 0.252 e. The third-order valence-corrected chi connectivity index (χ3v) is 3.43. The Morgan fingerprint density at radius 1 is 1.50 bits per heavy atom. The molecule has 94 valence electrons. The standard InChI is InChI=1S/C12H14N4OS/c1-2-9(12-15-6-7-18-12)16-11-8(10(13)17)4-3-5-14-11/h3-7,9H,2H2,1H3,(H2,13,17)(H,14,16). The van der Waals surface area contributed by atoms with Crippen molar-refractivity contribution in [1.29, 1.82) is 0 Å². The summed E-state index contributed by atoms with van der Waals surface area (Å²) in [6, 6.07) is 3.39. The number of pyridine rings is 1. The van der Waals surface area contributed by atoms with Crippen molar-refractivity contribution in [2.45, 2.75) is 19.4 Å². The van der Waals surface area contributed by atoms with Gasteiger partial charge in [0.25, 0.3) is 5.91 Å². The molecule has 0 saturated heterocycles. The van der Waals surface area contributed by atoms with Crippen LogP contribution in [0.1, 0.15) is 34.8 Å². The topological polar surface area (TPSA) is 80.9 Å². The van der Waals surface area contributed by atoms with Crippen LogP contribution < -0.4 is 11.1 Å². The molecule has 1 amide bonds. The molecule has 3 N–H and O–H groups in total. The summed E-state index contributed by atoms with van der Waals surface area (Å²) in [5.41, 5.74) is 5.71. The molecule has 0 aliphatic heterocycles. The molecule has 6 heteroatoms. The molecular weight excluding hydrogens is 248 g/mol. The first-order chi connectivity index (χ1) is 8.72. The number of hydrogen-bond donors (Lipinski definition) is 2. The average Bonchev–Trinajstić information content (AvgIpc) is 2.90. The van der Waals surface area contributed by atoms with Gasteiger partial charge in [0.2, 0.25) is 0 Å². The molecule has 0 saturated carbocycles. The van der Waals surface area contributed by atoms with Gasteiger partial charge in [0.15, 0.2) is 0 Å². The van der Waals surface area contributed by atoms with Crippen molar-refractivity contribution < 1.29 is 4.79 Å². The van der Waals surface area contributed by atoms with Gasteiger partial charge in [0.05, 0.1) is 11.6 Å². The van der Waals surface area contributed by atoms with Gasteiger partial charge in [-0.05, 0) is 18.6 Å². The normalized spacial score (nSPS) is 12.1. The summed E-state index contributed by atoms with van der Waals surface area (Å²) in [4.78, 5) is 19.7. The van der Waals surface area contributed by atoms with Crippen LogP contribution in [0.3, 0.4) is 0 Å². The molecule has 2 heterocycles. The maximum atomic E-state index is 11.3. The zero-order chi connectivity index (χ0) is 13.0. The van der Waals surface area contributed by atoms with E-state index in [1.807, 2.05) is 12.3 Å². The molecule has 1 unspecified atom stereocenters. The van der Waals surface area contributed by atoms with E-state index in [9.17, 15) is 4.79 Å². The highest BCUT2D eigenvalue weighted by Crippen LogP contribution is 2.24. The van der Waals surface area contributed by atoms with Gasteiger partial charge >= 0.3 is 0 Å². The summed E-state index contributed by atoms with van der Waals surface area (Å²) in [5.74, 6) is 0.0200. The molecule has 0 aliphatic rings. The number of primary amides is 1. The Morgan fingerprint density at radius 3 is 2.94 bits per heavy atom. The van der Waals surface area contributed by atoms with Gasteiger partial charge in [-0.15, -0.1) is 11.3 Å². The highest BCUT2D eigenvalue weighted by molar-refractivity contribution is 7.09. The van der Waals surface area contributed by atoms with Crippen molar-refractivity contribution in [2.75, 3.05) is 5.32 Å². The molecule has 2 aromatic rings. The SMILES string of the molecule is CCC(Nc1ncccc1C(N)=O)c1nccs1. The molecule has 1 atom stereocenters. The van der Waals surface area contributed by atoms with E-state index < -0.39 is 5.91 Å². The van der Waals surface area contributed by atoms with E-state index in [1.165, 1.54) is 0 Å². The largest absolute Gasteiger partial charge is 0.365 e. The van der Waals surface area contributed by atoms with Gasteiger partial charge < -0.3 is 11.1 Å². The fourth-order valence-electron chi connectivity index (χ4n) is 1.63. The Morgan fingerprint density at radius 2 is 2.33 bits per heavy atom. The summed E-state index contributed by atoms with van der Waals surface area (Å²) >= 11 is 1.57. The molecule has 18 heavy (non-hydrogen) atoms. The minimum Gasteiger partial charge on any atom is -0.365 e. The molecule has 2 aromatic heterocycles. The van der Waals surface area contributed by atoms with Gasteiger partial charge in [-0.25, -0.2) is 9.97 Å². The predicted molar refractivity (Wildman–Crippen MR) is 71.5 cm³/mol. The second-order valence-corrected chi connectivity index (χ2v) is 4.67. The number of amides is 1. The first-order valence-electron chi connectivity index (χ1n) is 5.63. The highest BCUT2D eigenvalue weighted by atomic mass is 32.1. The van der Waals surface area contributed by atoms with E-state index in [0.717, 1.165) is 11.4 Å². The second kappa shape index (κ2) is 5.59. The first kappa shape index (κ1) is 12.5. The molecule has 0 aromatic carbocycles. The Bertz CT molecular complexity index is 527. The van der Waals surface area contributed by atoms with E-state index in [2.05, 4.69) is 15.3 Å². The van der Waals surface area contributed by atoms with E-state index >= 15 is 0 Å². The average molecular weight is 262 g/mol. The molecule has 0 bridgehead atoms. The third-order valence-electron chi connectivity index (χ3n) is 2.54. The Hall–Kier alpha value is -1.95. The van der Waals surface area contributed by atoms with Crippen molar-refractivity contribution >= 4 is 23.1 Å². The number of thiazole rings is 1. The molecule has 0 spiro atoms. The van der Waals surface area contributed by atoms with Gasteiger partial charge in [-0.2, -0.15) is 0 Å². The lowest BCUT2D eigenvalue weighted by Gasteiger charge is -2.16. The molecule has 0 radical (unpaired) electrons. The van der Waals surface area contributed by atoms with Crippen molar-refractivity contribution in [1.82, 2.24) is 9.97 Å². The fourth-order valence-corrected chi connectivity index (χ4v) is 2.40. The zero-order valence-corrected chi connectivity index (χ0v) is 10.8. The number of anilines is 1. The number of nitrogens with one attached hydrogen (secondary N) is 1. The second-order valence-electron chi connectivity index (χ2n) is 3.74. The number of aromatic nitrogens is 2. The number of carbonyl (C=O) groups is 1. The summed E-state index contributed by atoms with van der Waals surface area (Å²) in [5, 5.41) is 6.11. The zero-order valence-electron chi connectivity index (χ0n) is 9.96. The van der Waals surface area contributed by atoms with E-state index in [-0.39, 0.29) is 6.04 Å². The van der Waals surface area contributed by atoms with Crippen molar-refractivity contribution in [3.63, 3.8) is 0 Å². The van der Waals surface area contributed by atoms with Crippen LogP contribution in [0, 0.1) is 0 Å². The Balaban J connectivity index is 2.25. The first-order valence-corrected chi connectivity index (χ1v) is 6.51. The quantitative estimate of drug-likeness (QED) is 0.865. The van der Waals surface area contributed by atoms with Crippen molar-refractivity contribution in [2.24, 2.45) is 5.73 Å². The molecule has 0 fully saturated rings. The summed E-state index contributed by atoms with van der Waals surface area (Å²) in [6.07, 6.45) is 4.24. The molecule has 5 nitrogen and oxygen atoms in total. The van der Waals surface area contributed by atoms with Gasteiger partial charge in [-0.1, -0.05) is 6.92 Å². The smallest absolute Gasteiger partial charge is 0.252 e. The van der Waals surface area contributed by atoms with Crippen LogP contribution in [0.2, 0.25) is 0 Å². The number of nitrogens with two attached hydrogens (primary N) is 1. The molecular formula is C12H14N4OS. The third kappa shape index (κ3) is 2.65. The van der Waals surface area contributed by atoms with Crippen molar-refractivity contribution in [3.8, 4) is 0 Å². The monoisotopic (exact) mass is 262 g/mol. The van der Waals surface area contributed by atoms with E-state index in [1.54, 1.807) is 35.9 Å². The van der Waals surface area contributed by atoms with Crippen LogP contribution in [0.25, 0.3) is 0 Å². The van der Waals surface area contributed by atoms with E-state index in [0.29, 0.717) is 11.4 Å². The van der Waals surface area contributed by atoms with Gasteiger partial charge in [0, 0.05) is 17.8 Å². The lowest BCUT2D eigenvalue weighted by Crippen LogP contribution is -2.18. The Kier molecular flexibility index (Phi) is 3.88. The summed E-state index contributed by atoms with van der Waals surface area (Å²) < 4.78 is 0. The predicted octanol–water partition coefficient (Wildman–Crippen LogP) is 2.20. The highest BCUT2D eigenvalue weighted by Gasteiger charge is 2.16. The van der Waals surface area contributed by atoms with Crippen LogP contribution in [0.15, 0.2) is 29.9 Å². The fraction of sp³-hybridized carbons (Fsp3) is 0.250. The van der Waals surface area contributed by atoms with Crippen molar-refractivity contribution in [3.05, 3.63) is 40.5 Å². The number of nitrogens with zero attached hydrogens (tertiary/aromatic N) is 2. The van der Waals surface area contributed by atoms with Gasteiger partial charge in [0.1, 0.15) is 10.8 Å².